The van der Waals surface area contributed by atoms with Gasteiger partial charge in [0.2, 0.25) is 0 Å². The molecule has 0 fully saturated rings. The molecule has 6 nitrogen and oxygen atoms in total. The van der Waals surface area contributed by atoms with Crippen molar-refractivity contribution in [2.24, 2.45) is 11.8 Å². The molecule has 0 aromatic rings. The van der Waals surface area contributed by atoms with Crippen molar-refractivity contribution in [1.29, 1.82) is 0 Å². The van der Waals surface area contributed by atoms with Gasteiger partial charge in [0.05, 0.1) is 0 Å². The Morgan fingerprint density at radius 2 is 0.613 bits per heavy atom. The molecule has 6 heteroatoms. The van der Waals surface area contributed by atoms with Crippen LogP contribution in [-0.2, 0) is 28.6 Å². The summed E-state index contributed by atoms with van der Waals surface area (Å²) in [4.78, 5) is 38.1. The third-order valence-corrected chi connectivity index (χ3v) is 13.1. The van der Waals surface area contributed by atoms with E-state index in [1.807, 2.05) is 0 Å². The van der Waals surface area contributed by atoms with Crippen molar-refractivity contribution in [3.05, 3.63) is 0 Å². The van der Waals surface area contributed by atoms with Gasteiger partial charge in [-0.15, -0.1) is 0 Å². The van der Waals surface area contributed by atoms with Crippen LogP contribution < -0.4 is 0 Å². The minimum absolute atomic E-state index is 0.0634. The standard InChI is InChI=1S/C56H108O6/c1-6-8-9-10-11-12-13-14-15-16-19-23-26-33-38-43-48-56(59)62-53(50-61-55(58)47-42-37-32-28-27-30-35-40-45-52(5)7-2)49-60-54(57)46-41-36-31-25-22-20-17-18-21-24-29-34-39-44-51(3)4/h51-53H,6-50H2,1-5H3/t52?,53-/m0/s1. The number of unbranched alkanes of at least 4 members (excludes halogenated alkanes) is 34. The summed E-state index contributed by atoms with van der Waals surface area (Å²) in [6.45, 7) is 11.4. The number of esters is 3. The van der Waals surface area contributed by atoms with Crippen LogP contribution in [0.1, 0.15) is 311 Å². The monoisotopic (exact) mass is 877 g/mol. The SMILES string of the molecule is CCCCCCCCCCCCCCCCCCC(=O)O[C@@H](COC(=O)CCCCCCCCCCCCCCCC(C)C)COC(=O)CCCCCCCCCCC(C)CC. The van der Waals surface area contributed by atoms with Crippen LogP contribution in [0.4, 0.5) is 0 Å². The van der Waals surface area contributed by atoms with Gasteiger partial charge in [-0.2, -0.15) is 0 Å². The van der Waals surface area contributed by atoms with Crippen molar-refractivity contribution in [2.45, 2.75) is 317 Å². The van der Waals surface area contributed by atoms with Crippen LogP contribution in [0.15, 0.2) is 0 Å². The lowest BCUT2D eigenvalue weighted by molar-refractivity contribution is -0.167. The second-order valence-corrected chi connectivity index (χ2v) is 19.9. The van der Waals surface area contributed by atoms with Gasteiger partial charge in [0.15, 0.2) is 6.10 Å². The van der Waals surface area contributed by atoms with Crippen molar-refractivity contribution in [3.8, 4) is 0 Å². The topological polar surface area (TPSA) is 78.9 Å². The zero-order valence-corrected chi connectivity index (χ0v) is 42.5. The van der Waals surface area contributed by atoms with Gasteiger partial charge >= 0.3 is 17.9 Å². The van der Waals surface area contributed by atoms with Crippen LogP contribution in [-0.4, -0.2) is 37.2 Å². The summed E-state index contributed by atoms with van der Waals surface area (Å²) >= 11 is 0. The van der Waals surface area contributed by atoms with Crippen molar-refractivity contribution in [2.75, 3.05) is 13.2 Å². The number of ether oxygens (including phenoxy) is 3. The van der Waals surface area contributed by atoms with E-state index in [1.54, 1.807) is 0 Å². The van der Waals surface area contributed by atoms with Crippen molar-refractivity contribution < 1.29 is 28.6 Å². The fourth-order valence-corrected chi connectivity index (χ4v) is 8.49. The van der Waals surface area contributed by atoms with Crippen LogP contribution in [0.5, 0.6) is 0 Å². The molecule has 0 aromatic carbocycles. The average Bonchev–Trinajstić information content (AvgIpc) is 3.26. The highest BCUT2D eigenvalue weighted by atomic mass is 16.6. The summed E-state index contributed by atoms with van der Waals surface area (Å²) in [6.07, 6.45) is 50.8. The van der Waals surface area contributed by atoms with E-state index in [0.29, 0.717) is 19.3 Å². The molecule has 368 valence electrons. The summed E-state index contributed by atoms with van der Waals surface area (Å²) in [5.41, 5.74) is 0. The Hall–Kier alpha value is -1.59. The van der Waals surface area contributed by atoms with Gasteiger partial charge in [-0.25, -0.2) is 0 Å². The first-order chi connectivity index (χ1) is 30.3. The summed E-state index contributed by atoms with van der Waals surface area (Å²) in [7, 11) is 0. The number of carbonyl (C=O) groups is 3. The van der Waals surface area contributed by atoms with E-state index in [9.17, 15) is 14.4 Å². The zero-order chi connectivity index (χ0) is 45.4. The molecular weight excluding hydrogens is 769 g/mol. The van der Waals surface area contributed by atoms with Gasteiger partial charge in [0, 0.05) is 19.3 Å². The molecule has 0 aliphatic rings. The third-order valence-electron chi connectivity index (χ3n) is 13.1. The summed E-state index contributed by atoms with van der Waals surface area (Å²) in [5.74, 6) is 0.844. The normalized spacial score (nSPS) is 12.5. The minimum Gasteiger partial charge on any atom is -0.462 e. The molecule has 0 aliphatic carbocycles. The van der Waals surface area contributed by atoms with Gasteiger partial charge in [-0.3, -0.25) is 14.4 Å². The van der Waals surface area contributed by atoms with E-state index in [2.05, 4.69) is 34.6 Å². The highest BCUT2D eigenvalue weighted by Crippen LogP contribution is 2.18. The van der Waals surface area contributed by atoms with Crippen LogP contribution >= 0.6 is 0 Å². The molecule has 2 atom stereocenters. The molecule has 0 heterocycles. The van der Waals surface area contributed by atoms with E-state index >= 15 is 0 Å². The predicted molar refractivity (Wildman–Crippen MR) is 266 cm³/mol. The Kier molecular flexibility index (Phi) is 47.6. The molecule has 0 radical (unpaired) electrons. The van der Waals surface area contributed by atoms with E-state index < -0.39 is 6.10 Å². The molecule has 62 heavy (non-hydrogen) atoms. The van der Waals surface area contributed by atoms with Gasteiger partial charge in [-0.05, 0) is 31.1 Å². The maximum atomic E-state index is 12.8. The Morgan fingerprint density at radius 3 is 0.919 bits per heavy atom. The Balaban J connectivity index is 4.30. The second kappa shape index (κ2) is 48.9. The predicted octanol–water partition coefficient (Wildman–Crippen LogP) is 18.1. The minimum atomic E-state index is -0.762. The second-order valence-electron chi connectivity index (χ2n) is 19.9. The number of carbonyl (C=O) groups excluding carboxylic acids is 3. The molecule has 0 spiro atoms. The molecule has 0 aromatic heterocycles. The molecule has 0 saturated heterocycles. The van der Waals surface area contributed by atoms with E-state index in [4.69, 9.17) is 14.2 Å². The third kappa shape index (κ3) is 47.9. The number of hydrogen-bond donors (Lipinski definition) is 0. The van der Waals surface area contributed by atoms with Crippen molar-refractivity contribution >= 4 is 17.9 Å². The molecule has 0 N–H and O–H groups in total. The van der Waals surface area contributed by atoms with Crippen LogP contribution in [0.25, 0.3) is 0 Å². The quantitative estimate of drug-likeness (QED) is 0.0344. The summed E-state index contributed by atoms with van der Waals surface area (Å²) < 4.78 is 16.9. The van der Waals surface area contributed by atoms with Gasteiger partial charge in [0.25, 0.3) is 0 Å². The Labute approximate surface area is 387 Å². The smallest absolute Gasteiger partial charge is 0.306 e. The number of rotatable bonds is 50. The van der Waals surface area contributed by atoms with Gasteiger partial charge in [-0.1, -0.05) is 272 Å². The molecule has 0 aliphatic heterocycles. The van der Waals surface area contributed by atoms with Crippen LogP contribution in [0.2, 0.25) is 0 Å². The van der Waals surface area contributed by atoms with Crippen LogP contribution in [0.3, 0.4) is 0 Å². The Morgan fingerprint density at radius 1 is 0.339 bits per heavy atom. The fourth-order valence-electron chi connectivity index (χ4n) is 8.49. The summed E-state index contributed by atoms with van der Waals surface area (Å²) in [5, 5.41) is 0. The molecule has 0 rings (SSSR count). The first kappa shape index (κ1) is 60.4. The lowest BCUT2D eigenvalue weighted by atomic mass is 9.99. The van der Waals surface area contributed by atoms with Gasteiger partial charge in [0.1, 0.15) is 13.2 Å². The van der Waals surface area contributed by atoms with E-state index in [1.165, 1.54) is 199 Å². The van der Waals surface area contributed by atoms with E-state index in [-0.39, 0.29) is 31.1 Å². The number of hydrogen-bond acceptors (Lipinski definition) is 6. The largest absolute Gasteiger partial charge is 0.462 e. The first-order valence-electron chi connectivity index (χ1n) is 27.8. The Bertz CT molecular complexity index is 949. The average molecular weight is 877 g/mol. The first-order valence-corrected chi connectivity index (χ1v) is 27.8. The van der Waals surface area contributed by atoms with Crippen molar-refractivity contribution in [1.82, 2.24) is 0 Å². The summed E-state index contributed by atoms with van der Waals surface area (Å²) in [6, 6.07) is 0. The highest BCUT2D eigenvalue weighted by Gasteiger charge is 2.19. The van der Waals surface area contributed by atoms with Crippen molar-refractivity contribution in [3.63, 3.8) is 0 Å². The molecule has 1 unspecified atom stereocenters. The zero-order valence-electron chi connectivity index (χ0n) is 42.5. The molecule has 0 amide bonds. The fraction of sp³-hybridized carbons (Fsp3) is 0.946. The highest BCUT2D eigenvalue weighted by molar-refractivity contribution is 5.71. The van der Waals surface area contributed by atoms with Crippen LogP contribution in [0, 0.1) is 11.8 Å². The molecular formula is C56H108O6. The maximum Gasteiger partial charge on any atom is 0.306 e. The maximum absolute atomic E-state index is 12.8. The molecule has 0 saturated carbocycles. The van der Waals surface area contributed by atoms with E-state index in [0.717, 1.165) is 69.6 Å². The molecule has 0 bridgehead atoms. The van der Waals surface area contributed by atoms with Gasteiger partial charge < -0.3 is 14.2 Å². The lowest BCUT2D eigenvalue weighted by Gasteiger charge is -2.18. The lowest BCUT2D eigenvalue weighted by Crippen LogP contribution is -2.30.